The average molecular weight is 275 g/mol. The molecule has 1 aromatic rings. The molecule has 1 aromatic carbocycles. The Morgan fingerprint density at radius 3 is 2.50 bits per heavy atom. The fraction of sp³-hybridized carbons (Fsp3) is 0.462. The summed E-state index contributed by atoms with van der Waals surface area (Å²) in [4.78, 5) is 11.9. The number of Topliss-reactive ketones (excluding diaryl/α,β-unsaturated/α-hetero) is 1. The number of carbonyl (C=O) groups is 1. The van der Waals surface area contributed by atoms with Crippen molar-refractivity contribution < 1.29 is 18.7 Å². The minimum atomic E-state index is -0.917. The Hall–Kier alpha value is -0.970. The molecule has 0 unspecified atom stereocenters. The first kappa shape index (κ1) is 15.1. The van der Waals surface area contributed by atoms with Crippen LogP contribution in [-0.2, 0) is 20.7 Å². The molecule has 1 rings (SSSR count). The lowest BCUT2D eigenvalue weighted by Gasteiger charge is -2.15. The van der Waals surface area contributed by atoms with E-state index in [1.807, 2.05) is 0 Å². The van der Waals surface area contributed by atoms with Crippen molar-refractivity contribution in [2.75, 3.05) is 13.2 Å². The van der Waals surface area contributed by atoms with Gasteiger partial charge in [-0.1, -0.05) is 11.6 Å². The van der Waals surface area contributed by atoms with Gasteiger partial charge < -0.3 is 9.47 Å². The van der Waals surface area contributed by atoms with E-state index in [2.05, 4.69) is 0 Å². The van der Waals surface area contributed by atoms with Crippen LogP contribution in [0.1, 0.15) is 19.4 Å². The first-order valence-electron chi connectivity index (χ1n) is 5.78. The van der Waals surface area contributed by atoms with Gasteiger partial charge in [0.2, 0.25) is 6.29 Å². The number of carbonyl (C=O) groups excluding carboxylic acids is 1. The van der Waals surface area contributed by atoms with Gasteiger partial charge in [0.15, 0.2) is 5.78 Å². The molecule has 5 heteroatoms. The van der Waals surface area contributed by atoms with Crippen LogP contribution in [0.25, 0.3) is 0 Å². The monoisotopic (exact) mass is 274 g/mol. The van der Waals surface area contributed by atoms with Crippen molar-refractivity contribution in [2.24, 2.45) is 0 Å². The molecule has 0 aliphatic carbocycles. The number of rotatable bonds is 7. The normalized spacial score (nSPS) is 10.9. The lowest BCUT2D eigenvalue weighted by molar-refractivity contribution is -0.167. The van der Waals surface area contributed by atoms with E-state index >= 15 is 0 Å². The predicted octanol–water partition coefficient (Wildman–Crippen LogP) is 2.99. The van der Waals surface area contributed by atoms with E-state index in [4.69, 9.17) is 21.1 Å². The van der Waals surface area contributed by atoms with Crippen molar-refractivity contribution in [1.29, 1.82) is 0 Å². The molecule has 18 heavy (non-hydrogen) atoms. The molecule has 0 fully saturated rings. The molecular formula is C13H16ClFO3. The summed E-state index contributed by atoms with van der Waals surface area (Å²) in [7, 11) is 0. The first-order valence-corrected chi connectivity index (χ1v) is 6.16. The van der Waals surface area contributed by atoms with Crippen molar-refractivity contribution in [3.05, 3.63) is 34.6 Å². The van der Waals surface area contributed by atoms with Crippen LogP contribution in [0.15, 0.2) is 18.2 Å². The number of halogens is 2. The van der Waals surface area contributed by atoms with Crippen LogP contribution in [0, 0.1) is 5.82 Å². The Morgan fingerprint density at radius 1 is 1.33 bits per heavy atom. The first-order chi connectivity index (χ1) is 8.58. The largest absolute Gasteiger partial charge is 0.346 e. The lowest BCUT2D eigenvalue weighted by Crippen LogP contribution is -2.29. The fourth-order valence-corrected chi connectivity index (χ4v) is 1.67. The van der Waals surface area contributed by atoms with Crippen LogP contribution >= 0.6 is 11.6 Å². The van der Waals surface area contributed by atoms with Crippen LogP contribution in [0.3, 0.4) is 0 Å². The van der Waals surface area contributed by atoms with Gasteiger partial charge in [-0.25, -0.2) is 4.39 Å². The molecule has 0 radical (unpaired) electrons. The third kappa shape index (κ3) is 4.37. The third-order valence-electron chi connectivity index (χ3n) is 2.27. The van der Waals surface area contributed by atoms with Gasteiger partial charge in [0.05, 0.1) is 0 Å². The maximum absolute atomic E-state index is 13.1. The van der Waals surface area contributed by atoms with Crippen LogP contribution in [-0.4, -0.2) is 25.3 Å². The second-order valence-electron chi connectivity index (χ2n) is 3.62. The molecule has 100 valence electrons. The number of hydrogen-bond acceptors (Lipinski definition) is 3. The smallest absolute Gasteiger partial charge is 0.218 e. The maximum Gasteiger partial charge on any atom is 0.218 e. The number of hydrogen-bond donors (Lipinski definition) is 0. The summed E-state index contributed by atoms with van der Waals surface area (Å²) in [6.07, 6.45) is -0.930. The molecule has 0 N–H and O–H groups in total. The van der Waals surface area contributed by atoms with Crippen LogP contribution in [0.5, 0.6) is 0 Å². The molecule has 0 aliphatic rings. The van der Waals surface area contributed by atoms with Gasteiger partial charge in [-0.15, -0.1) is 0 Å². The van der Waals surface area contributed by atoms with E-state index in [1.54, 1.807) is 13.8 Å². The summed E-state index contributed by atoms with van der Waals surface area (Å²) in [6, 6.07) is 3.92. The van der Waals surface area contributed by atoms with Gasteiger partial charge in [0, 0.05) is 24.7 Å². The van der Waals surface area contributed by atoms with Gasteiger partial charge >= 0.3 is 0 Å². The van der Waals surface area contributed by atoms with Gasteiger partial charge in [0.25, 0.3) is 0 Å². The van der Waals surface area contributed by atoms with Crippen molar-refractivity contribution in [3.8, 4) is 0 Å². The predicted molar refractivity (Wildman–Crippen MR) is 67.2 cm³/mol. The summed E-state index contributed by atoms with van der Waals surface area (Å²) in [5, 5.41) is 0.358. The van der Waals surface area contributed by atoms with Gasteiger partial charge in [-0.3, -0.25) is 4.79 Å². The molecule has 0 bridgehead atoms. The Balaban J connectivity index is 2.75. The van der Waals surface area contributed by atoms with E-state index in [0.29, 0.717) is 23.8 Å². The highest BCUT2D eigenvalue weighted by molar-refractivity contribution is 6.31. The van der Waals surface area contributed by atoms with E-state index in [9.17, 15) is 9.18 Å². The van der Waals surface area contributed by atoms with Crippen LogP contribution in [0.2, 0.25) is 5.02 Å². The zero-order valence-corrected chi connectivity index (χ0v) is 11.2. The Labute approximate surface area is 111 Å². The zero-order valence-electron chi connectivity index (χ0n) is 10.4. The third-order valence-corrected chi connectivity index (χ3v) is 2.64. The second-order valence-corrected chi connectivity index (χ2v) is 4.03. The highest BCUT2D eigenvalue weighted by Gasteiger charge is 2.20. The Morgan fingerprint density at radius 2 is 1.94 bits per heavy atom. The summed E-state index contributed by atoms with van der Waals surface area (Å²) in [5.74, 6) is -0.697. The standard InChI is InChI=1S/C13H16ClFO3/c1-3-17-13(18-4-2)12(16)8-9-7-10(15)5-6-11(9)14/h5-7,13H,3-4,8H2,1-2H3. The number of ether oxygens (including phenoxy) is 2. The molecule has 0 spiro atoms. The minimum Gasteiger partial charge on any atom is -0.346 e. The molecule has 0 saturated carbocycles. The summed E-state index contributed by atoms with van der Waals surface area (Å²) >= 11 is 5.90. The highest BCUT2D eigenvalue weighted by Crippen LogP contribution is 2.18. The molecule has 0 aliphatic heterocycles. The van der Waals surface area contributed by atoms with Gasteiger partial charge in [-0.2, -0.15) is 0 Å². The molecule has 0 aromatic heterocycles. The quantitative estimate of drug-likeness (QED) is 0.717. The zero-order chi connectivity index (χ0) is 13.5. The second kappa shape index (κ2) is 7.46. The maximum atomic E-state index is 13.1. The minimum absolute atomic E-state index is 0.0126. The van der Waals surface area contributed by atoms with Gasteiger partial charge in [0.1, 0.15) is 5.82 Å². The SMILES string of the molecule is CCOC(OCC)C(=O)Cc1cc(F)ccc1Cl. The average Bonchev–Trinajstić information content (AvgIpc) is 2.33. The molecule has 0 atom stereocenters. The van der Waals surface area contributed by atoms with Crippen molar-refractivity contribution in [2.45, 2.75) is 26.6 Å². The molecule has 0 saturated heterocycles. The molecular weight excluding hydrogens is 259 g/mol. The summed E-state index contributed by atoms with van der Waals surface area (Å²) < 4.78 is 23.4. The van der Waals surface area contributed by atoms with E-state index in [-0.39, 0.29) is 12.2 Å². The van der Waals surface area contributed by atoms with E-state index < -0.39 is 12.1 Å². The van der Waals surface area contributed by atoms with Crippen LogP contribution < -0.4 is 0 Å². The molecule has 3 nitrogen and oxygen atoms in total. The van der Waals surface area contributed by atoms with E-state index in [1.165, 1.54) is 18.2 Å². The Bertz CT molecular complexity index is 403. The van der Waals surface area contributed by atoms with Crippen molar-refractivity contribution in [1.82, 2.24) is 0 Å². The topological polar surface area (TPSA) is 35.5 Å². The van der Waals surface area contributed by atoms with Crippen molar-refractivity contribution >= 4 is 17.4 Å². The number of benzene rings is 1. The highest BCUT2D eigenvalue weighted by atomic mass is 35.5. The van der Waals surface area contributed by atoms with Gasteiger partial charge in [-0.05, 0) is 37.6 Å². The van der Waals surface area contributed by atoms with E-state index in [0.717, 1.165) is 0 Å². The fourth-order valence-electron chi connectivity index (χ4n) is 1.49. The Kier molecular flexibility index (Phi) is 6.25. The summed E-state index contributed by atoms with van der Waals surface area (Å²) in [6.45, 7) is 4.28. The van der Waals surface area contributed by atoms with Crippen LogP contribution in [0.4, 0.5) is 4.39 Å². The number of ketones is 1. The van der Waals surface area contributed by atoms with Crippen molar-refractivity contribution in [3.63, 3.8) is 0 Å². The molecule has 0 amide bonds. The summed E-state index contributed by atoms with van der Waals surface area (Å²) in [5.41, 5.74) is 0.436. The lowest BCUT2D eigenvalue weighted by atomic mass is 10.1. The molecule has 0 heterocycles.